The van der Waals surface area contributed by atoms with Gasteiger partial charge < -0.3 is 19.6 Å². The summed E-state index contributed by atoms with van der Waals surface area (Å²) in [7, 11) is 9.19. The molecule has 4 rings (SSSR count). The summed E-state index contributed by atoms with van der Waals surface area (Å²) in [5.74, 6) is 2.55. The van der Waals surface area contributed by atoms with Gasteiger partial charge in [0, 0.05) is 18.5 Å². The Kier molecular flexibility index (Phi) is 15.3. The highest BCUT2D eigenvalue weighted by atomic mass is 16.1. The maximum absolute atomic E-state index is 14.9. The molecule has 4 fully saturated rings. The molecule has 6 nitrogen and oxygen atoms in total. The molecule has 0 spiro atoms. The molecular weight excluding hydrogens is 530 g/mol. The van der Waals surface area contributed by atoms with Crippen LogP contribution in [0.25, 0.3) is 0 Å². The van der Waals surface area contributed by atoms with Gasteiger partial charge in [0.2, 0.25) is 0 Å². The Labute approximate surface area is 267 Å². The standard InChI is InChI=1S/C37H71N5O/c1-6-7-8-9-10-11-12-13-14-35(43)37(36(31-15-23-38(2)24-16-31)32-17-25-39(3)26-18-32)42(33-19-27-40(4)28-20-33)34-21-29-41(5)30-22-34/h31-34,36-37H,6-30H2,1-5H3. The maximum atomic E-state index is 14.9. The van der Waals surface area contributed by atoms with E-state index in [0.29, 0.717) is 35.6 Å². The smallest absolute Gasteiger partial charge is 0.150 e. The molecule has 0 radical (unpaired) electrons. The first kappa shape index (κ1) is 35.3. The van der Waals surface area contributed by atoms with Gasteiger partial charge in [-0.2, -0.15) is 0 Å². The lowest BCUT2D eigenvalue weighted by Gasteiger charge is -2.53. The summed E-state index contributed by atoms with van der Waals surface area (Å²) in [6, 6.07) is 1.27. The van der Waals surface area contributed by atoms with Crippen LogP contribution in [0.3, 0.4) is 0 Å². The molecule has 0 bridgehead atoms. The van der Waals surface area contributed by atoms with Gasteiger partial charge in [0.1, 0.15) is 5.78 Å². The fraction of sp³-hybridized carbons (Fsp3) is 0.973. The van der Waals surface area contributed by atoms with Crippen LogP contribution in [0.15, 0.2) is 0 Å². The summed E-state index contributed by atoms with van der Waals surface area (Å²) in [6.07, 6.45) is 21.3. The minimum Gasteiger partial charge on any atom is -0.306 e. The normalized spacial score (nSPS) is 24.8. The van der Waals surface area contributed by atoms with Gasteiger partial charge in [-0.15, -0.1) is 0 Å². The third-order valence-corrected chi connectivity index (χ3v) is 12.1. The lowest BCUT2D eigenvalue weighted by molar-refractivity contribution is -0.135. The topological polar surface area (TPSA) is 33.3 Å². The molecule has 0 aromatic heterocycles. The molecule has 0 N–H and O–H groups in total. The number of unbranched alkanes of at least 4 members (excludes halogenated alkanes) is 7. The Balaban J connectivity index is 1.60. The van der Waals surface area contributed by atoms with E-state index in [4.69, 9.17) is 0 Å². The summed E-state index contributed by atoms with van der Waals surface area (Å²) >= 11 is 0. The largest absolute Gasteiger partial charge is 0.306 e. The molecule has 0 aromatic rings. The van der Waals surface area contributed by atoms with Gasteiger partial charge in [0.15, 0.2) is 0 Å². The van der Waals surface area contributed by atoms with Crippen molar-refractivity contribution in [2.24, 2.45) is 17.8 Å². The molecular formula is C37H71N5O. The van der Waals surface area contributed by atoms with Gasteiger partial charge in [0.05, 0.1) is 6.04 Å². The summed E-state index contributed by atoms with van der Waals surface area (Å²) in [4.78, 5) is 28.0. The van der Waals surface area contributed by atoms with Crippen LogP contribution in [-0.4, -0.2) is 129 Å². The molecule has 0 saturated carbocycles. The third-order valence-electron chi connectivity index (χ3n) is 12.1. The molecule has 4 aliphatic rings. The van der Waals surface area contributed by atoms with Crippen LogP contribution in [0.4, 0.5) is 0 Å². The van der Waals surface area contributed by atoms with E-state index < -0.39 is 0 Å². The Morgan fingerprint density at radius 1 is 0.558 bits per heavy atom. The summed E-state index contributed by atoms with van der Waals surface area (Å²) in [5.41, 5.74) is 0. The zero-order valence-corrected chi connectivity index (χ0v) is 29.3. The van der Waals surface area contributed by atoms with Crippen molar-refractivity contribution in [3.63, 3.8) is 0 Å². The lowest BCUT2D eigenvalue weighted by Crippen LogP contribution is -2.62. The van der Waals surface area contributed by atoms with Crippen LogP contribution < -0.4 is 0 Å². The second kappa shape index (κ2) is 18.6. The predicted molar refractivity (Wildman–Crippen MR) is 183 cm³/mol. The number of hydrogen-bond donors (Lipinski definition) is 0. The molecule has 4 heterocycles. The van der Waals surface area contributed by atoms with E-state index in [1.54, 1.807) is 0 Å². The number of carbonyl (C=O) groups excluding carboxylic acids is 1. The lowest BCUT2D eigenvalue weighted by atomic mass is 9.67. The number of piperidine rings is 4. The van der Waals surface area contributed by atoms with E-state index in [1.165, 1.54) is 149 Å². The van der Waals surface area contributed by atoms with Crippen molar-refractivity contribution in [1.82, 2.24) is 24.5 Å². The van der Waals surface area contributed by atoms with Crippen molar-refractivity contribution >= 4 is 5.78 Å². The predicted octanol–water partition coefficient (Wildman–Crippen LogP) is 6.25. The molecule has 1 unspecified atom stereocenters. The van der Waals surface area contributed by atoms with Gasteiger partial charge in [-0.3, -0.25) is 9.69 Å². The number of ketones is 1. The molecule has 6 heteroatoms. The highest BCUT2D eigenvalue weighted by Crippen LogP contribution is 2.42. The number of nitrogens with zero attached hydrogens (tertiary/aromatic N) is 5. The van der Waals surface area contributed by atoms with Crippen molar-refractivity contribution in [2.75, 3.05) is 80.5 Å². The van der Waals surface area contributed by atoms with E-state index in [-0.39, 0.29) is 6.04 Å². The minimum atomic E-state index is 0.133. The molecule has 43 heavy (non-hydrogen) atoms. The second-order valence-electron chi connectivity index (χ2n) is 15.5. The first-order valence-electron chi connectivity index (χ1n) is 18.9. The SMILES string of the molecule is CCCCCCCCCCC(=O)C(C(C1CCN(C)CC1)C1CCN(C)CC1)N(C1CCN(C)CC1)C1CCN(C)CC1. The first-order valence-corrected chi connectivity index (χ1v) is 18.9. The molecule has 4 saturated heterocycles. The van der Waals surface area contributed by atoms with Crippen molar-refractivity contribution in [3.05, 3.63) is 0 Å². The van der Waals surface area contributed by atoms with E-state index in [0.717, 1.165) is 12.8 Å². The highest BCUT2D eigenvalue weighted by molar-refractivity contribution is 5.84. The fourth-order valence-electron chi connectivity index (χ4n) is 9.23. The Bertz CT molecular complexity index is 669. The van der Waals surface area contributed by atoms with Crippen LogP contribution in [-0.2, 0) is 4.79 Å². The summed E-state index contributed by atoms with van der Waals surface area (Å²) in [5, 5.41) is 0. The van der Waals surface area contributed by atoms with Crippen molar-refractivity contribution in [2.45, 2.75) is 134 Å². The average molecular weight is 602 g/mol. The van der Waals surface area contributed by atoms with Gasteiger partial charge in [0.25, 0.3) is 0 Å². The average Bonchev–Trinajstić information content (AvgIpc) is 3.01. The molecule has 1 atom stereocenters. The van der Waals surface area contributed by atoms with E-state index in [1.807, 2.05) is 0 Å². The van der Waals surface area contributed by atoms with Crippen LogP contribution in [0.2, 0.25) is 0 Å². The van der Waals surface area contributed by atoms with E-state index >= 15 is 0 Å². The Morgan fingerprint density at radius 3 is 1.30 bits per heavy atom. The number of likely N-dealkylation sites (tertiary alicyclic amines) is 4. The van der Waals surface area contributed by atoms with E-state index in [2.05, 4.69) is 59.6 Å². The molecule has 4 aliphatic heterocycles. The second-order valence-corrected chi connectivity index (χ2v) is 15.5. The molecule has 0 aliphatic carbocycles. The van der Waals surface area contributed by atoms with Crippen LogP contribution in [0.5, 0.6) is 0 Å². The molecule has 0 amide bonds. The molecule has 250 valence electrons. The van der Waals surface area contributed by atoms with Crippen molar-refractivity contribution in [3.8, 4) is 0 Å². The van der Waals surface area contributed by atoms with Crippen LogP contribution in [0, 0.1) is 17.8 Å². The van der Waals surface area contributed by atoms with Gasteiger partial charge in [-0.1, -0.05) is 51.9 Å². The maximum Gasteiger partial charge on any atom is 0.150 e. The number of rotatable bonds is 16. The monoisotopic (exact) mass is 602 g/mol. The first-order chi connectivity index (χ1) is 20.9. The quantitative estimate of drug-likeness (QED) is 0.195. The minimum absolute atomic E-state index is 0.133. The van der Waals surface area contributed by atoms with Crippen LogP contribution in [0.1, 0.15) is 116 Å². The highest BCUT2D eigenvalue weighted by Gasteiger charge is 2.47. The van der Waals surface area contributed by atoms with Crippen molar-refractivity contribution in [1.29, 1.82) is 0 Å². The van der Waals surface area contributed by atoms with Gasteiger partial charge in [-0.25, -0.2) is 0 Å². The molecule has 0 aromatic carbocycles. The van der Waals surface area contributed by atoms with E-state index in [9.17, 15) is 4.79 Å². The Morgan fingerprint density at radius 2 is 0.907 bits per heavy atom. The van der Waals surface area contributed by atoms with Gasteiger partial charge in [-0.05, 0) is 156 Å². The van der Waals surface area contributed by atoms with Gasteiger partial charge >= 0.3 is 0 Å². The summed E-state index contributed by atoms with van der Waals surface area (Å²) < 4.78 is 0. The fourth-order valence-corrected chi connectivity index (χ4v) is 9.23. The van der Waals surface area contributed by atoms with Crippen LogP contribution >= 0.6 is 0 Å². The number of Topliss-reactive ketones (excluding diaryl/α,β-unsaturated/α-hetero) is 1. The zero-order chi connectivity index (χ0) is 30.6. The Hall–Kier alpha value is -0.530. The van der Waals surface area contributed by atoms with Crippen molar-refractivity contribution < 1.29 is 4.79 Å². The number of carbonyl (C=O) groups is 1. The summed E-state index contributed by atoms with van der Waals surface area (Å²) in [6.45, 7) is 11.8. The zero-order valence-electron chi connectivity index (χ0n) is 29.3. The number of hydrogen-bond acceptors (Lipinski definition) is 6. The third kappa shape index (κ3) is 10.8.